The summed E-state index contributed by atoms with van der Waals surface area (Å²) < 4.78 is 0. The van der Waals surface area contributed by atoms with E-state index in [1.54, 1.807) is 18.3 Å². The molecule has 0 saturated heterocycles. The molecule has 1 aromatic rings. The summed E-state index contributed by atoms with van der Waals surface area (Å²) in [6.45, 7) is 3.73. The van der Waals surface area contributed by atoms with Crippen molar-refractivity contribution in [3.8, 4) is 0 Å². The van der Waals surface area contributed by atoms with Gasteiger partial charge in [0.1, 0.15) is 0 Å². The van der Waals surface area contributed by atoms with Gasteiger partial charge in [0.2, 0.25) is 0 Å². The van der Waals surface area contributed by atoms with Gasteiger partial charge in [-0.2, -0.15) is 0 Å². The molecule has 3 unspecified atom stereocenters. The van der Waals surface area contributed by atoms with E-state index < -0.39 is 11.4 Å². The maximum Gasteiger partial charge on any atom is 0.315 e. The zero-order valence-electron chi connectivity index (χ0n) is 12.4. The Morgan fingerprint density at radius 1 is 1.57 bits per heavy atom. The number of urea groups is 1. The van der Waals surface area contributed by atoms with Crippen LogP contribution in [0, 0.1) is 5.41 Å². The predicted molar refractivity (Wildman–Crippen MR) is 82.4 cm³/mol. The molecular formula is C15H22N2O3S. The van der Waals surface area contributed by atoms with Gasteiger partial charge in [0, 0.05) is 10.9 Å². The van der Waals surface area contributed by atoms with E-state index >= 15 is 0 Å². The van der Waals surface area contributed by atoms with Gasteiger partial charge in [0.25, 0.3) is 0 Å². The van der Waals surface area contributed by atoms with E-state index in [0.29, 0.717) is 12.8 Å². The Bertz CT molecular complexity index is 503. The summed E-state index contributed by atoms with van der Waals surface area (Å²) in [6.07, 6.45) is 2.95. The molecular weight excluding hydrogens is 288 g/mol. The van der Waals surface area contributed by atoms with Gasteiger partial charge in [-0.3, -0.25) is 4.79 Å². The largest absolute Gasteiger partial charge is 0.481 e. The van der Waals surface area contributed by atoms with E-state index in [1.165, 1.54) is 0 Å². The van der Waals surface area contributed by atoms with Crippen molar-refractivity contribution in [2.45, 2.75) is 51.6 Å². The number of carboxylic acid groups (broad SMARTS) is 1. The summed E-state index contributed by atoms with van der Waals surface area (Å²) in [5.74, 6) is -0.837. The number of thiophene rings is 1. The van der Waals surface area contributed by atoms with Gasteiger partial charge in [-0.1, -0.05) is 19.4 Å². The minimum absolute atomic E-state index is 0.0255. The fourth-order valence-corrected chi connectivity index (χ4v) is 3.74. The highest BCUT2D eigenvalue weighted by Crippen LogP contribution is 2.38. The van der Waals surface area contributed by atoms with E-state index in [0.717, 1.165) is 17.7 Å². The number of carbonyl (C=O) groups excluding carboxylic acids is 1. The maximum atomic E-state index is 12.2. The Hall–Kier alpha value is -1.56. The van der Waals surface area contributed by atoms with Crippen molar-refractivity contribution in [1.82, 2.24) is 10.6 Å². The summed E-state index contributed by atoms with van der Waals surface area (Å²) >= 11 is 1.61. The Morgan fingerprint density at radius 3 is 2.90 bits per heavy atom. The van der Waals surface area contributed by atoms with Gasteiger partial charge in [-0.05, 0) is 37.6 Å². The molecule has 1 aliphatic rings. The third-order valence-corrected chi connectivity index (χ3v) is 5.34. The van der Waals surface area contributed by atoms with E-state index in [-0.39, 0.29) is 18.1 Å². The average Bonchev–Trinajstić information content (AvgIpc) is 3.07. The highest BCUT2D eigenvalue weighted by molar-refractivity contribution is 7.10. The number of amides is 2. The molecule has 1 aliphatic carbocycles. The van der Waals surface area contributed by atoms with Crippen LogP contribution in [-0.4, -0.2) is 23.1 Å². The molecule has 1 fully saturated rings. The van der Waals surface area contributed by atoms with Crippen LogP contribution in [0.5, 0.6) is 0 Å². The van der Waals surface area contributed by atoms with Crippen molar-refractivity contribution >= 4 is 23.3 Å². The first-order valence-corrected chi connectivity index (χ1v) is 8.19. The predicted octanol–water partition coefficient (Wildman–Crippen LogP) is 3.14. The van der Waals surface area contributed by atoms with Crippen molar-refractivity contribution in [3.63, 3.8) is 0 Å². The van der Waals surface area contributed by atoms with Gasteiger partial charge >= 0.3 is 12.0 Å². The summed E-state index contributed by atoms with van der Waals surface area (Å²) in [7, 11) is 0. The van der Waals surface area contributed by atoms with Crippen molar-refractivity contribution in [3.05, 3.63) is 22.4 Å². The van der Waals surface area contributed by atoms with Crippen molar-refractivity contribution in [2.24, 2.45) is 5.41 Å². The van der Waals surface area contributed by atoms with Crippen molar-refractivity contribution < 1.29 is 14.7 Å². The van der Waals surface area contributed by atoms with Crippen LogP contribution >= 0.6 is 11.3 Å². The SMILES string of the molecule is CCC(NC(=O)NC1CCCC1(C)C(=O)O)c1cccs1. The molecule has 0 radical (unpaired) electrons. The monoisotopic (exact) mass is 310 g/mol. The normalized spacial score (nSPS) is 26.3. The smallest absolute Gasteiger partial charge is 0.315 e. The van der Waals surface area contributed by atoms with Gasteiger partial charge in [0.05, 0.1) is 11.5 Å². The summed E-state index contributed by atoms with van der Waals surface area (Å²) in [4.78, 5) is 24.7. The zero-order chi connectivity index (χ0) is 15.5. The van der Waals surface area contributed by atoms with Crippen molar-refractivity contribution in [1.29, 1.82) is 0 Å². The number of aliphatic carboxylic acids is 1. The Morgan fingerprint density at radius 2 is 2.33 bits per heavy atom. The number of carbonyl (C=O) groups is 2. The van der Waals surface area contributed by atoms with Crippen LogP contribution in [0.1, 0.15) is 50.4 Å². The lowest BCUT2D eigenvalue weighted by Gasteiger charge is -2.28. The minimum atomic E-state index is -0.859. The molecule has 1 heterocycles. The van der Waals surface area contributed by atoms with Crippen LogP contribution in [0.4, 0.5) is 4.79 Å². The molecule has 1 saturated carbocycles. The Balaban J connectivity index is 1.97. The summed E-state index contributed by atoms with van der Waals surface area (Å²) in [5, 5.41) is 17.1. The molecule has 0 aliphatic heterocycles. The standard InChI is InChI=1S/C15H22N2O3S/c1-3-10(11-6-5-9-21-11)16-14(20)17-12-7-4-8-15(12,2)13(18)19/h5-6,9-10,12H,3-4,7-8H2,1-2H3,(H,18,19)(H2,16,17,20). The first-order chi connectivity index (χ1) is 9.97. The van der Waals surface area contributed by atoms with Gasteiger partial charge < -0.3 is 15.7 Å². The molecule has 116 valence electrons. The lowest BCUT2D eigenvalue weighted by Crippen LogP contribution is -2.50. The molecule has 5 nitrogen and oxygen atoms in total. The molecule has 2 rings (SSSR count). The molecule has 3 atom stereocenters. The number of carboxylic acids is 1. The molecule has 0 bridgehead atoms. The summed E-state index contributed by atoms with van der Waals surface area (Å²) in [5.41, 5.74) is -0.859. The van der Waals surface area contributed by atoms with E-state index in [4.69, 9.17) is 0 Å². The van der Waals surface area contributed by atoms with E-state index in [2.05, 4.69) is 10.6 Å². The minimum Gasteiger partial charge on any atom is -0.481 e. The highest BCUT2D eigenvalue weighted by Gasteiger charge is 2.46. The fraction of sp³-hybridized carbons (Fsp3) is 0.600. The highest BCUT2D eigenvalue weighted by atomic mass is 32.1. The second-order valence-electron chi connectivity index (χ2n) is 5.76. The molecule has 2 amide bonds. The molecule has 0 spiro atoms. The zero-order valence-corrected chi connectivity index (χ0v) is 13.2. The maximum absolute atomic E-state index is 12.2. The van der Waals surface area contributed by atoms with Crippen LogP contribution < -0.4 is 10.6 Å². The van der Waals surface area contributed by atoms with Crippen molar-refractivity contribution in [2.75, 3.05) is 0 Å². The topological polar surface area (TPSA) is 78.4 Å². The first-order valence-electron chi connectivity index (χ1n) is 7.31. The van der Waals surface area contributed by atoms with Crippen LogP contribution in [0.25, 0.3) is 0 Å². The molecule has 6 heteroatoms. The van der Waals surface area contributed by atoms with Crippen LogP contribution in [0.2, 0.25) is 0 Å². The van der Waals surface area contributed by atoms with Crippen LogP contribution in [-0.2, 0) is 4.79 Å². The molecule has 1 aromatic heterocycles. The van der Waals surface area contributed by atoms with E-state index in [1.807, 2.05) is 24.4 Å². The van der Waals surface area contributed by atoms with Crippen LogP contribution in [0.3, 0.4) is 0 Å². The molecule has 0 aromatic carbocycles. The quantitative estimate of drug-likeness (QED) is 0.781. The number of hydrogen-bond donors (Lipinski definition) is 3. The van der Waals surface area contributed by atoms with E-state index in [9.17, 15) is 14.7 Å². The number of rotatable bonds is 5. The number of hydrogen-bond acceptors (Lipinski definition) is 3. The molecule has 3 N–H and O–H groups in total. The third kappa shape index (κ3) is 3.37. The lowest BCUT2D eigenvalue weighted by atomic mass is 9.85. The Kier molecular flexibility index (Phi) is 4.88. The summed E-state index contributed by atoms with van der Waals surface area (Å²) in [6, 6.07) is 3.34. The lowest BCUT2D eigenvalue weighted by molar-refractivity contribution is -0.148. The Labute approximate surface area is 128 Å². The molecule has 21 heavy (non-hydrogen) atoms. The average molecular weight is 310 g/mol. The second kappa shape index (κ2) is 6.47. The van der Waals surface area contributed by atoms with Crippen LogP contribution in [0.15, 0.2) is 17.5 Å². The van der Waals surface area contributed by atoms with Gasteiger partial charge in [0.15, 0.2) is 0 Å². The first kappa shape index (κ1) is 15.8. The van der Waals surface area contributed by atoms with Gasteiger partial charge in [-0.15, -0.1) is 11.3 Å². The second-order valence-corrected chi connectivity index (χ2v) is 6.74. The number of nitrogens with one attached hydrogen (secondary N) is 2. The third-order valence-electron chi connectivity index (χ3n) is 4.35. The fourth-order valence-electron chi connectivity index (χ4n) is 2.88. The van der Waals surface area contributed by atoms with Gasteiger partial charge in [-0.25, -0.2) is 4.79 Å².